The fourth-order valence-electron chi connectivity index (χ4n) is 2.53. The molecule has 1 fully saturated rings. The number of rotatable bonds is 3. The van der Waals surface area contributed by atoms with Crippen molar-refractivity contribution in [2.24, 2.45) is 11.7 Å². The van der Waals surface area contributed by atoms with Gasteiger partial charge in [-0.2, -0.15) is 0 Å². The van der Waals surface area contributed by atoms with Crippen LogP contribution in [0.1, 0.15) is 37.7 Å². The minimum Gasteiger partial charge on any atom is -0.325 e. The molecular formula is C16H19ClN2O. The molecule has 1 aromatic carbocycles. The molecule has 1 amide bonds. The molecule has 1 aliphatic carbocycles. The lowest BCUT2D eigenvalue weighted by Crippen LogP contribution is -2.15. The van der Waals surface area contributed by atoms with Gasteiger partial charge in [0.1, 0.15) is 0 Å². The van der Waals surface area contributed by atoms with Gasteiger partial charge in [0.25, 0.3) is 0 Å². The van der Waals surface area contributed by atoms with Gasteiger partial charge in [-0.25, -0.2) is 0 Å². The molecule has 3 N–H and O–H groups in total. The van der Waals surface area contributed by atoms with Crippen LogP contribution in [0.5, 0.6) is 0 Å². The molecule has 0 unspecified atom stereocenters. The summed E-state index contributed by atoms with van der Waals surface area (Å²) in [7, 11) is 0. The summed E-state index contributed by atoms with van der Waals surface area (Å²) in [6, 6.07) is 5.35. The Morgan fingerprint density at radius 2 is 2.15 bits per heavy atom. The second-order valence-electron chi connectivity index (χ2n) is 5.10. The fourth-order valence-corrected chi connectivity index (χ4v) is 2.69. The van der Waals surface area contributed by atoms with E-state index >= 15 is 0 Å². The summed E-state index contributed by atoms with van der Waals surface area (Å²) in [5, 5.41) is 3.41. The van der Waals surface area contributed by atoms with Crippen LogP contribution in [-0.2, 0) is 4.79 Å². The normalized spacial score (nSPS) is 14.7. The number of carbonyl (C=O) groups excluding carboxylic acids is 1. The zero-order chi connectivity index (χ0) is 14.4. The molecule has 0 saturated heterocycles. The monoisotopic (exact) mass is 290 g/mol. The molecule has 0 radical (unpaired) electrons. The van der Waals surface area contributed by atoms with Crippen molar-refractivity contribution in [3.05, 3.63) is 28.8 Å². The van der Waals surface area contributed by atoms with Gasteiger partial charge in [0.15, 0.2) is 0 Å². The predicted molar refractivity (Wildman–Crippen MR) is 82.6 cm³/mol. The Hall–Kier alpha value is -1.50. The summed E-state index contributed by atoms with van der Waals surface area (Å²) in [4.78, 5) is 12.0. The smallest absolute Gasteiger partial charge is 0.224 e. The summed E-state index contributed by atoms with van der Waals surface area (Å²) in [6.45, 7) is 0.312. The number of nitrogens with one attached hydrogen (secondary N) is 1. The first kappa shape index (κ1) is 14.9. The van der Waals surface area contributed by atoms with Gasteiger partial charge in [-0.15, -0.1) is 0 Å². The lowest BCUT2D eigenvalue weighted by atomic mass is 10.0. The van der Waals surface area contributed by atoms with Crippen molar-refractivity contribution < 1.29 is 4.79 Å². The Balaban J connectivity index is 2.01. The van der Waals surface area contributed by atoms with Crippen LogP contribution in [0.15, 0.2) is 18.2 Å². The number of carbonyl (C=O) groups is 1. The molecule has 20 heavy (non-hydrogen) atoms. The van der Waals surface area contributed by atoms with Crippen LogP contribution in [-0.4, -0.2) is 12.5 Å². The zero-order valence-electron chi connectivity index (χ0n) is 11.4. The van der Waals surface area contributed by atoms with E-state index in [2.05, 4.69) is 17.2 Å². The zero-order valence-corrected chi connectivity index (χ0v) is 12.2. The number of halogens is 1. The Bertz CT molecular complexity index is 539. The highest BCUT2D eigenvalue weighted by Crippen LogP contribution is 2.29. The number of amides is 1. The van der Waals surface area contributed by atoms with E-state index in [4.69, 9.17) is 17.3 Å². The van der Waals surface area contributed by atoms with Gasteiger partial charge in [0.2, 0.25) is 5.91 Å². The van der Waals surface area contributed by atoms with Crippen LogP contribution in [0.4, 0.5) is 5.69 Å². The van der Waals surface area contributed by atoms with Gasteiger partial charge >= 0.3 is 0 Å². The van der Waals surface area contributed by atoms with Crippen molar-refractivity contribution in [1.82, 2.24) is 0 Å². The van der Waals surface area contributed by atoms with E-state index in [-0.39, 0.29) is 5.91 Å². The van der Waals surface area contributed by atoms with Crippen molar-refractivity contribution in [1.29, 1.82) is 0 Å². The third kappa shape index (κ3) is 4.26. The van der Waals surface area contributed by atoms with E-state index in [1.807, 2.05) is 6.07 Å². The average Bonchev–Trinajstić information content (AvgIpc) is 2.92. The molecule has 0 heterocycles. The first-order valence-corrected chi connectivity index (χ1v) is 7.35. The lowest BCUT2D eigenvalue weighted by Gasteiger charge is -2.11. The Morgan fingerprint density at radius 1 is 1.40 bits per heavy atom. The maximum Gasteiger partial charge on any atom is 0.224 e. The van der Waals surface area contributed by atoms with Crippen molar-refractivity contribution >= 4 is 23.2 Å². The third-order valence-electron chi connectivity index (χ3n) is 3.52. The van der Waals surface area contributed by atoms with Crippen molar-refractivity contribution in [3.63, 3.8) is 0 Å². The van der Waals surface area contributed by atoms with Crippen molar-refractivity contribution in [2.75, 3.05) is 11.9 Å². The molecule has 0 bridgehead atoms. The minimum atomic E-state index is 0.0303. The molecular weight excluding hydrogens is 272 g/mol. The molecule has 0 aliphatic heterocycles. The molecule has 106 valence electrons. The third-order valence-corrected chi connectivity index (χ3v) is 3.85. The topological polar surface area (TPSA) is 55.1 Å². The van der Waals surface area contributed by atoms with E-state index in [1.54, 1.807) is 12.1 Å². The number of hydrogen-bond acceptors (Lipinski definition) is 2. The van der Waals surface area contributed by atoms with E-state index in [0.29, 0.717) is 29.6 Å². The molecule has 1 aromatic rings. The summed E-state index contributed by atoms with van der Waals surface area (Å²) in [6.07, 6.45) is 5.37. The molecule has 1 saturated carbocycles. The molecule has 0 spiro atoms. The van der Waals surface area contributed by atoms with Crippen LogP contribution in [0.2, 0.25) is 5.02 Å². The molecule has 1 aliphatic rings. The molecule has 0 aromatic heterocycles. The molecule has 4 heteroatoms. The Morgan fingerprint density at radius 3 is 2.85 bits per heavy atom. The average molecular weight is 291 g/mol. The first-order valence-electron chi connectivity index (χ1n) is 6.97. The van der Waals surface area contributed by atoms with Gasteiger partial charge in [0.05, 0.1) is 17.3 Å². The summed E-state index contributed by atoms with van der Waals surface area (Å²) >= 11 is 6.10. The molecule has 3 nitrogen and oxygen atoms in total. The summed E-state index contributed by atoms with van der Waals surface area (Å²) in [5.74, 6) is 6.27. The van der Waals surface area contributed by atoms with Crippen LogP contribution in [0, 0.1) is 17.8 Å². The van der Waals surface area contributed by atoms with Gasteiger partial charge in [-0.05, 0) is 37.0 Å². The number of benzene rings is 1. The van der Waals surface area contributed by atoms with Crippen LogP contribution in [0.3, 0.4) is 0 Å². The van der Waals surface area contributed by atoms with E-state index < -0.39 is 0 Å². The highest BCUT2D eigenvalue weighted by atomic mass is 35.5. The second-order valence-corrected chi connectivity index (χ2v) is 5.51. The van der Waals surface area contributed by atoms with Gasteiger partial charge in [0, 0.05) is 12.0 Å². The minimum absolute atomic E-state index is 0.0303. The van der Waals surface area contributed by atoms with Gasteiger partial charge < -0.3 is 11.1 Å². The quantitative estimate of drug-likeness (QED) is 0.840. The van der Waals surface area contributed by atoms with E-state index in [0.717, 1.165) is 18.4 Å². The van der Waals surface area contributed by atoms with Crippen molar-refractivity contribution in [3.8, 4) is 11.8 Å². The number of nitrogens with two attached hydrogens (primary N) is 1. The maximum atomic E-state index is 12.0. The lowest BCUT2D eigenvalue weighted by molar-refractivity contribution is -0.117. The number of hydrogen-bond donors (Lipinski definition) is 2. The van der Waals surface area contributed by atoms with Crippen molar-refractivity contribution in [2.45, 2.75) is 32.1 Å². The van der Waals surface area contributed by atoms with Crippen LogP contribution >= 0.6 is 11.6 Å². The van der Waals surface area contributed by atoms with Crippen LogP contribution < -0.4 is 11.1 Å². The largest absolute Gasteiger partial charge is 0.325 e. The standard InChI is InChI=1S/C16H19ClN2O/c17-14-8-7-13(6-3-9-18)10-15(14)19-16(20)11-12-4-1-2-5-12/h7-8,10,12H,1-2,4-5,9,11,18H2,(H,19,20). The predicted octanol–water partition coefficient (Wildman–Crippen LogP) is 3.17. The maximum absolute atomic E-state index is 12.0. The van der Waals surface area contributed by atoms with Gasteiger partial charge in [-0.3, -0.25) is 4.79 Å². The van der Waals surface area contributed by atoms with E-state index in [1.165, 1.54) is 12.8 Å². The number of anilines is 1. The van der Waals surface area contributed by atoms with Gasteiger partial charge in [-0.1, -0.05) is 36.3 Å². The highest BCUT2D eigenvalue weighted by Gasteiger charge is 2.18. The SMILES string of the molecule is NCC#Cc1ccc(Cl)c(NC(=O)CC2CCCC2)c1. The Labute approximate surface area is 124 Å². The highest BCUT2D eigenvalue weighted by molar-refractivity contribution is 6.33. The molecule has 0 atom stereocenters. The molecule has 2 rings (SSSR count). The summed E-state index contributed by atoms with van der Waals surface area (Å²) < 4.78 is 0. The van der Waals surface area contributed by atoms with E-state index in [9.17, 15) is 4.79 Å². The first-order chi connectivity index (χ1) is 9.69. The fraction of sp³-hybridized carbons (Fsp3) is 0.438. The Kier molecular flexibility index (Phi) is 5.46. The summed E-state index contributed by atoms with van der Waals surface area (Å²) in [5.41, 5.74) is 6.77. The van der Waals surface area contributed by atoms with Crippen LogP contribution in [0.25, 0.3) is 0 Å². The second kappa shape index (κ2) is 7.33.